The molecule has 1 aliphatic rings. The van der Waals surface area contributed by atoms with Crippen LogP contribution in [0.2, 0.25) is 0 Å². The summed E-state index contributed by atoms with van der Waals surface area (Å²) in [6.07, 6.45) is 4.81. The number of rotatable bonds is 2. The van der Waals surface area contributed by atoms with E-state index in [1.54, 1.807) is 0 Å². The lowest BCUT2D eigenvalue weighted by molar-refractivity contribution is 0.0992. The normalized spacial score (nSPS) is 13.4. The number of anilines is 1. The first kappa shape index (κ1) is 13.3. The third-order valence-corrected chi connectivity index (χ3v) is 5.10. The number of hydrogen-bond acceptors (Lipinski definition) is 3. The van der Waals surface area contributed by atoms with Gasteiger partial charge >= 0.3 is 0 Å². The second-order valence-corrected chi connectivity index (χ2v) is 6.31. The molecule has 0 unspecified atom stereocenters. The molecule has 0 bridgehead atoms. The fraction of sp³-hybridized carbons (Fsp3) is 0.176. The van der Waals surface area contributed by atoms with Gasteiger partial charge in [0.1, 0.15) is 4.88 Å². The third-order valence-electron chi connectivity index (χ3n) is 3.94. The van der Waals surface area contributed by atoms with Crippen molar-refractivity contribution in [1.82, 2.24) is 9.55 Å². The van der Waals surface area contributed by atoms with Crippen LogP contribution in [0.5, 0.6) is 0 Å². The second-order valence-electron chi connectivity index (χ2n) is 5.34. The van der Waals surface area contributed by atoms with E-state index >= 15 is 0 Å². The minimum Gasteiger partial charge on any atom is -0.307 e. The summed E-state index contributed by atoms with van der Waals surface area (Å²) in [7, 11) is 0. The number of nitrogens with zero attached hydrogens (tertiary/aromatic N) is 3. The Morgan fingerprint density at radius 1 is 1.18 bits per heavy atom. The van der Waals surface area contributed by atoms with Gasteiger partial charge in [-0.05, 0) is 37.1 Å². The predicted octanol–water partition coefficient (Wildman–Crippen LogP) is 3.45. The van der Waals surface area contributed by atoms with E-state index in [0.717, 1.165) is 34.4 Å². The molecule has 0 radical (unpaired) electrons. The van der Waals surface area contributed by atoms with E-state index in [2.05, 4.69) is 11.1 Å². The van der Waals surface area contributed by atoms with Crippen molar-refractivity contribution in [3.63, 3.8) is 0 Å². The lowest BCUT2D eigenvalue weighted by atomic mass is 10.2. The van der Waals surface area contributed by atoms with Crippen molar-refractivity contribution < 1.29 is 4.79 Å². The Balaban J connectivity index is 1.70. The van der Waals surface area contributed by atoms with Gasteiger partial charge in [0.25, 0.3) is 5.91 Å². The molecule has 0 aliphatic carbocycles. The van der Waals surface area contributed by atoms with Crippen molar-refractivity contribution in [2.45, 2.75) is 13.3 Å². The predicted molar refractivity (Wildman–Crippen MR) is 88.0 cm³/mol. The molecule has 1 aliphatic heterocycles. The van der Waals surface area contributed by atoms with Crippen molar-refractivity contribution in [3.05, 3.63) is 64.9 Å². The zero-order valence-corrected chi connectivity index (χ0v) is 13.0. The highest BCUT2D eigenvalue weighted by molar-refractivity contribution is 7.16. The van der Waals surface area contributed by atoms with E-state index < -0.39 is 0 Å². The molecule has 4 rings (SSSR count). The highest BCUT2D eigenvalue weighted by Crippen LogP contribution is 2.31. The van der Waals surface area contributed by atoms with Gasteiger partial charge in [-0.2, -0.15) is 0 Å². The first-order valence-corrected chi connectivity index (χ1v) is 8.06. The van der Waals surface area contributed by atoms with Crippen molar-refractivity contribution in [2.24, 2.45) is 0 Å². The zero-order chi connectivity index (χ0) is 15.1. The first-order chi connectivity index (χ1) is 10.7. The number of aryl methyl sites for hydroxylation is 1. The first-order valence-electron chi connectivity index (χ1n) is 7.24. The van der Waals surface area contributed by atoms with Gasteiger partial charge in [0.05, 0.1) is 5.69 Å². The number of amides is 1. The van der Waals surface area contributed by atoms with E-state index in [9.17, 15) is 4.79 Å². The summed E-state index contributed by atoms with van der Waals surface area (Å²) in [5.41, 5.74) is 3.06. The number of para-hydroxylation sites is 1. The van der Waals surface area contributed by atoms with Crippen molar-refractivity contribution >= 4 is 22.9 Å². The van der Waals surface area contributed by atoms with E-state index in [4.69, 9.17) is 0 Å². The molecular weight excluding hydrogens is 294 g/mol. The van der Waals surface area contributed by atoms with Gasteiger partial charge in [0.15, 0.2) is 5.13 Å². The number of hydrogen-bond donors (Lipinski definition) is 0. The number of benzene rings is 1. The van der Waals surface area contributed by atoms with Gasteiger partial charge in [0.2, 0.25) is 0 Å². The fourth-order valence-corrected chi connectivity index (χ4v) is 3.81. The summed E-state index contributed by atoms with van der Waals surface area (Å²) in [4.78, 5) is 20.0. The number of aromatic nitrogens is 2. The van der Waals surface area contributed by atoms with Crippen LogP contribution < -0.4 is 4.90 Å². The molecule has 0 fully saturated rings. The number of fused-ring (bicyclic) bond motifs is 1. The van der Waals surface area contributed by atoms with E-state index in [-0.39, 0.29) is 5.91 Å². The molecule has 0 saturated carbocycles. The average molecular weight is 309 g/mol. The molecule has 3 aromatic rings. The number of carbonyl (C=O) groups is 1. The fourth-order valence-electron chi connectivity index (χ4n) is 2.82. The average Bonchev–Trinajstić information content (AvgIpc) is 3.25. The van der Waals surface area contributed by atoms with Crippen molar-refractivity contribution in [1.29, 1.82) is 0 Å². The second kappa shape index (κ2) is 5.10. The molecule has 0 N–H and O–H groups in total. The summed E-state index contributed by atoms with van der Waals surface area (Å²) in [5.74, 6) is 0.0540. The quantitative estimate of drug-likeness (QED) is 0.727. The van der Waals surface area contributed by atoms with Gasteiger partial charge < -0.3 is 9.47 Å². The maximum atomic E-state index is 12.9. The molecule has 4 nitrogen and oxygen atoms in total. The molecule has 2 aromatic heterocycles. The van der Waals surface area contributed by atoms with E-state index in [1.165, 1.54) is 16.9 Å². The van der Waals surface area contributed by atoms with Crippen LogP contribution in [0.4, 0.5) is 5.69 Å². The van der Waals surface area contributed by atoms with Gasteiger partial charge in [0, 0.05) is 24.6 Å². The lowest BCUT2D eigenvalue weighted by Gasteiger charge is -2.16. The maximum Gasteiger partial charge on any atom is 0.270 e. The molecule has 0 saturated heterocycles. The van der Waals surface area contributed by atoms with Gasteiger partial charge in [-0.3, -0.25) is 4.79 Å². The summed E-state index contributed by atoms with van der Waals surface area (Å²) >= 11 is 1.45. The van der Waals surface area contributed by atoms with Crippen LogP contribution in [0.25, 0.3) is 5.13 Å². The highest BCUT2D eigenvalue weighted by Gasteiger charge is 2.28. The van der Waals surface area contributed by atoms with E-state index in [0.29, 0.717) is 0 Å². The molecular formula is C17H15N3OS. The molecule has 3 heterocycles. The molecule has 1 amide bonds. The highest BCUT2D eigenvalue weighted by atomic mass is 32.1. The van der Waals surface area contributed by atoms with Gasteiger partial charge in [-0.1, -0.05) is 29.5 Å². The standard InChI is InChI=1S/C17H15N3OS/c1-12-15(22-17(18-12)19-9-4-5-10-19)16(21)20-11-8-13-6-2-3-7-14(13)20/h2-7,9-10H,8,11H2,1H3. The van der Waals surface area contributed by atoms with Crippen LogP contribution in [0.15, 0.2) is 48.8 Å². The van der Waals surface area contributed by atoms with Gasteiger partial charge in [-0.15, -0.1) is 0 Å². The van der Waals surface area contributed by atoms with Crippen LogP contribution in [0.1, 0.15) is 20.9 Å². The SMILES string of the molecule is Cc1nc(-n2cccc2)sc1C(=O)N1CCc2ccccc21. The largest absolute Gasteiger partial charge is 0.307 e. The molecule has 1 aromatic carbocycles. The zero-order valence-electron chi connectivity index (χ0n) is 12.2. The minimum absolute atomic E-state index is 0.0540. The monoisotopic (exact) mass is 309 g/mol. The molecule has 22 heavy (non-hydrogen) atoms. The Morgan fingerprint density at radius 2 is 1.95 bits per heavy atom. The smallest absolute Gasteiger partial charge is 0.270 e. The Hall–Kier alpha value is -2.40. The van der Waals surface area contributed by atoms with Crippen LogP contribution in [-0.2, 0) is 6.42 Å². The summed E-state index contributed by atoms with van der Waals surface area (Å²) in [6.45, 7) is 2.65. The molecule has 0 spiro atoms. The summed E-state index contributed by atoms with van der Waals surface area (Å²) < 4.78 is 1.94. The topological polar surface area (TPSA) is 38.1 Å². The van der Waals surface area contributed by atoms with Crippen LogP contribution in [0.3, 0.4) is 0 Å². The van der Waals surface area contributed by atoms with Crippen LogP contribution in [0, 0.1) is 6.92 Å². The third kappa shape index (κ3) is 2.05. The maximum absolute atomic E-state index is 12.9. The summed E-state index contributed by atoms with van der Waals surface area (Å²) in [6, 6.07) is 12.0. The molecule has 0 atom stereocenters. The Kier molecular flexibility index (Phi) is 3.08. The van der Waals surface area contributed by atoms with Crippen molar-refractivity contribution in [2.75, 3.05) is 11.4 Å². The Labute approximate surface area is 132 Å². The Bertz CT molecular complexity index is 835. The molecule has 110 valence electrons. The van der Waals surface area contributed by atoms with E-state index in [1.807, 2.05) is 59.1 Å². The Morgan fingerprint density at radius 3 is 2.77 bits per heavy atom. The van der Waals surface area contributed by atoms with Gasteiger partial charge in [-0.25, -0.2) is 4.98 Å². The number of carbonyl (C=O) groups excluding carboxylic acids is 1. The van der Waals surface area contributed by atoms with Crippen molar-refractivity contribution in [3.8, 4) is 5.13 Å². The lowest BCUT2D eigenvalue weighted by Crippen LogP contribution is -2.28. The van der Waals surface area contributed by atoms with Crippen LogP contribution in [-0.4, -0.2) is 22.0 Å². The summed E-state index contributed by atoms with van der Waals surface area (Å²) in [5, 5.41) is 0.832. The number of thiazole rings is 1. The molecule has 5 heteroatoms. The van der Waals surface area contributed by atoms with Crippen LogP contribution >= 0.6 is 11.3 Å². The minimum atomic E-state index is 0.0540.